The van der Waals surface area contributed by atoms with Gasteiger partial charge in [0.25, 0.3) is 11.8 Å². The van der Waals surface area contributed by atoms with Gasteiger partial charge in [0, 0.05) is 7.05 Å². The van der Waals surface area contributed by atoms with E-state index in [9.17, 15) is 47.9 Å². The highest BCUT2D eigenvalue weighted by molar-refractivity contribution is 6.23. The molecule has 4 aliphatic heterocycles. The minimum absolute atomic E-state index is 0.170. The third-order valence-electron chi connectivity index (χ3n) is 13.9. The molecule has 10 N–H and O–H groups in total. The molecule has 7 aromatic rings. The van der Waals surface area contributed by atoms with Gasteiger partial charge in [0.05, 0.1) is 17.8 Å². The fourth-order valence-corrected chi connectivity index (χ4v) is 9.70. The molecule has 3 fully saturated rings. The molecule has 20 nitrogen and oxygen atoms in total. The number of nitrogens with zero attached hydrogens (tertiary/aromatic N) is 2. The molecule has 4 aliphatic rings. The molecule has 3 saturated heterocycles. The lowest BCUT2D eigenvalue weighted by atomic mass is 9.75. The first-order chi connectivity index (χ1) is 39.9. The van der Waals surface area contributed by atoms with Gasteiger partial charge in [-0.15, -0.1) is 0 Å². The summed E-state index contributed by atoms with van der Waals surface area (Å²) in [5.74, 6) is -2.07. The minimum atomic E-state index is -1.31. The van der Waals surface area contributed by atoms with E-state index < -0.39 is 58.3 Å². The number of amides is 15. The van der Waals surface area contributed by atoms with Gasteiger partial charge in [-0.05, 0) is 63.9 Å². The maximum absolute atomic E-state index is 12.3. The largest absolute Gasteiger partial charge is 0.351 e. The van der Waals surface area contributed by atoms with Gasteiger partial charge in [-0.1, -0.05) is 214 Å². The summed E-state index contributed by atoms with van der Waals surface area (Å²) in [6, 6.07) is 58.2. The number of primary amides is 2. The SMILES string of the molecule is CCC1(c2ccccc2)C(=O)NC(=O)NC1=O.CCC1(c2ccccc2)NC(=O)N(C)C1=O.NC(=O)N1c2ccccc2C=Cc2ccccc21.NC(=O)NC(=O)Cc1ccccc1.O=C1NC(=O)C(c2ccccc2)(c2ccccc2)N1. The van der Waals surface area contributed by atoms with Gasteiger partial charge in [-0.25, -0.2) is 24.0 Å². The molecule has 0 bridgehead atoms. The number of nitrogens with two attached hydrogens (primary N) is 2. The normalized spacial score (nSPS) is 16.6. The second-order valence-electron chi connectivity index (χ2n) is 18.9. The lowest BCUT2D eigenvalue weighted by Crippen LogP contribution is -2.64. The number of rotatable bonds is 8. The maximum Gasteiger partial charge on any atom is 0.328 e. The van der Waals surface area contributed by atoms with Crippen molar-refractivity contribution in [3.63, 3.8) is 0 Å². The molecule has 15 amide bonds. The van der Waals surface area contributed by atoms with Crippen molar-refractivity contribution in [1.82, 2.24) is 36.8 Å². The van der Waals surface area contributed by atoms with Gasteiger partial charge in [-0.3, -0.25) is 55.0 Å². The summed E-state index contributed by atoms with van der Waals surface area (Å²) >= 11 is 0. The van der Waals surface area contributed by atoms with E-state index in [1.54, 1.807) is 54.3 Å². The van der Waals surface area contributed by atoms with E-state index in [1.807, 2.05) is 182 Å². The zero-order valence-corrected chi connectivity index (χ0v) is 45.5. The molecule has 11 rings (SSSR count). The van der Waals surface area contributed by atoms with E-state index >= 15 is 0 Å². The molecule has 0 radical (unpaired) electrons. The van der Waals surface area contributed by atoms with Crippen LogP contribution in [0.3, 0.4) is 0 Å². The summed E-state index contributed by atoms with van der Waals surface area (Å²) < 4.78 is 0. The predicted molar refractivity (Wildman–Crippen MR) is 312 cm³/mol. The van der Waals surface area contributed by atoms with Crippen LogP contribution in [0.5, 0.6) is 0 Å². The van der Waals surface area contributed by atoms with E-state index in [1.165, 1.54) is 7.05 Å². The highest BCUT2D eigenvalue weighted by atomic mass is 16.2. The number of carbonyl (C=O) groups excluding carboxylic acids is 10. The van der Waals surface area contributed by atoms with Crippen molar-refractivity contribution in [2.75, 3.05) is 11.9 Å². The van der Waals surface area contributed by atoms with Crippen LogP contribution in [-0.4, -0.2) is 71.6 Å². The lowest BCUT2D eigenvalue weighted by Gasteiger charge is -2.33. The molecule has 4 heterocycles. The summed E-state index contributed by atoms with van der Waals surface area (Å²) in [5, 5.41) is 14.1. The summed E-state index contributed by atoms with van der Waals surface area (Å²) in [4.78, 5) is 118. The maximum atomic E-state index is 12.3. The molecule has 83 heavy (non-hydrogen) atoms. The van der Waals surface area contributed by atoms with E-state index in [0.29, 0.717) is 18.4 Å². The minimum Gasteiger partial charge on any atom is -0.351 e. The third-order valence-corrected chi connectivity index (χ3v) is 13.9. The molecule has 1 unspecified atom stereocenters. The number of imide groups is 5. The molecular formula is C63H60N10O10. The monoisotopic (exact) mass is 1120 g/mol. The van der Waals surface area contributed by atoms with E-state index in [2.05, 4.69) is 26.6 Å². The van der Waals surface area contributed by atoms with Crippen LogP contribution in [0, 0.1) is 0 Å². The number of carbonyl (C=O) groups is 10. The molecule has 1 atom stereocenters. The molecular weight excluding hydrogens is 1060 g/mol. The first kappa shape index (κ1) is 59.6. The molecule has 0 saturated carbocycles. The number of nitrogens with one attached hydrogen (secondary N) is 6. The van der Waals surface area contributed by atoms with Gasteiger partial charge in [0.15, 0.2) is 11.0 Å². The Morgan fingerprint density at radius 3 is 1.28 bits per heavy atom. The standard InChI is InChI=1S/C15H12N2O2.C15H12N2O.C12H12N2O3.C12H14N2O2.C9H10N2O2/c18-13-15(17-14(19)16-13,11-7-3-1-4-8-11)12-9-5-2-6-10-12;16-15(18)17-13-7-3-1-5-11(13)9-10-12-6-2-4-8-14(12)17;1-2-12(8-6-4-3-5-7-8)9(15)13-11(17)14-10(12)16;1-3-12(9-7-5-4-6-8-9)10(15)14(2)11(16)13-12;10-9(13)11-8(12)6-7-4-2-1-3-5-7/h1-10H,(H2,16,17,18,19);1-10H,(H2,16,18);3-7H,2H2,1H3,(H2,13,14,15,16,17);4-8H,3H2,1-2H3,(H,13,16);1-5H,6H2,(H3,10,11,12,13). The van der Waals surface area contributed by atoms with Crippen molar-refractivity contribution in [3.05, 3.63) is 239 Å². The van der Waals surface area contributed by atoms with Crippen LogP contribution in [-0.2, 0) is 46.9 Å². The van der Waals surface area contributed by atoms with Crippen LogP contribution in [0.25, 0.3) is 12.2 Å². The molecule has 422 valence electrons. The third kappa shape index (κ3) is 13.2. The number of anilines is 2. The van der Waals surface area contributed by atoms with E-state index in [0.717, 1.165) is 49.7 Å². The lowest BCUT2D eigenvalue weighted by molar-refractivity contribution is -0.139. The Bertz CT molecular complexity index is 3460. The van der Waals surface area contributed by atoms with Crippen LogP contribution < -0.4 is 48.3 Å². The average molecular weight is 1120 g/mol. The van der Waals surface area contributed by atoms with Crippen molar-refractivity contribution in [2.45, 2.75) is 49.6 Å². The van der Waals surface area contributed by atoms with E-state index in [4.69, 9.17) is 11.5 Å². The second kappa shape index (κ2) is 26.8. The van der Waals surface area contributed by atoms with E-state index in [-0.39, 0.29) is 24.3 Å². The molecule has 0 spiro atoms. The van der Waals surface area contributed by atoms with Gasteiger partial charge < -0.3 is 22.1 Å². The first-order valence-corrected chi connectivity index (χ1v) is 26.1. The summed E-state index contributed by atoms with van der Waals surface area (Å²) in [6.07, 6.45) is 5.01. The van der Waals surface area contributed by atoms with Crippen molar-refractivity contribution in [1.29, 1.82) is 0 Å². The van der Waals surface area contributed by atoms with Gasteiger partial charge >= 0.3 is 30.2 Å². The van der Waals surface area contributed by atoms with Gasteiger partial charge in [0.2, 0.25) is 17.7 Å². The number of barbiturate groups is 1. The summed E-state index contributed by atoms with van der Waals surface area (Å²) in [6.45, 7) is 3.63. The van der Waals surface area contributed by atoms with Gasteiger partial charge in [-0.2, -0.15) is 0 Å². The zero-order valence-electron chi connectivity index (χ0n) is 45.5. The Balaban J connectivity index is 0.000000150. The fraction of sp³-hybridized carbons (Fsp3) is 0.143. The first-order valence-electron chi connectivity index (χ1n) is 26.1. The highest BCUT2D eigenvalue weighted by Gasteiger charge is 2.51. The quantitative estimate of drug-likeness (QED) is 0.0540. The molecule has 0 aliphatic carbocycles. The van der Waals surface area contributed by atoms with Crippen molar-refractivity contribution >= 4 is 83.2 Å². The molecule has 0 aromatic heterocycles. The average Bonchev–Trinajstić information content (AvgIpc) is 3.12. The summed E-state index contributed by atoms with van der Waals surface area (Å²) in [5.41, 5.74) is 14.3. The van der Waals surface area contributed by atoms with Crippen molar-refractivity contribution in [2.24, 2.45) is 11.5 Å². The van der Waals surface area contributed by atoms with Crippen LogP contribution in [0.1, 0.15) is 65.6 Å². The number of likely N-dealkylation sites (N-methyl/N-ethyl adjacent to an activating group) is 1. The van der Waals surface area contributed by atoms with Crippen LogP contribution in [0.2, 0.25) is 0 Å². The molecule has 20 heteroatoms. The smallest absolute Gasteiger partial charge is 0.328 e. The van der Waals surface area contributed by atoms with Gasteiger partial charge in [0.1, 0.15) is 5.54 Å². The van der Waals surface area contributed by atoms with Crippen LogP contribution in [0.4, 0.5) is 35.3 Å². The number of urea groups is 5. The fourth-order valence-electron chi connectivity index (χ4n) is 9.70. The van der Waals surface area contributed by atoms with Crippen molar-refractivity contribution < 1.29 is 47.9 Å². The Hall–Kier alpha value is -11.0. The number of benzene rings is 7. The van der Waals surface area contributed by atoms with Crippen molar-refractivity contribution in [3.8, 4) is 0 Å². The second-order valence-corrected chi connectivity index (χ2v) is 18.9. The van der Waals surface area contributed by atoms with Crippen LogP contribution >= 0.6 is 0 Å². The topological polar surface area (TPSA) is 301 Å². The highest BCUT2D eigenvalue weighted by Crippen LogP contribution is 2.37. The Morgan fingerprint density at radius 1 is 0.482 bits per heavy atom. The molecule has 7 aromatic carbocycles. The Morgan fingerprint density at radius 2 is 0.892 bits per heavy atom. The zero-order chi connectivity index (χ0) is 59.7. The Kier molecular flexibility index (Phi) is 19.2. The number of para-hydroxylation sites is 2. The number of fused-ring (bicyclic) bond motifs is 2. The number of hydrogen-bond donors (Lipinski definition) is 8. The predicted octanol–water partition coefficient (Wildman–Crippen LogP) is 7.75. The summed E-state index contributed by atoms with van der Waals surface area (Å²) in [7, 11) is 1.50. The van der Waals surface area contributed by atoms with Crippen LogP contribution in [0.15, 0.2) is 200 Å². The number of hydrogen-bond acceptors (Lipinski definition) is 10. The Labute approximate surface area is 478 Å².